The second kappa shape index (κ2) is 15.1. The van der Waals surface area contributed by atoms with Crippen LogP contribution in [-0.2, 0) is 11.2 Å². The molecule has 158 valence electrons. The number of carbonyl (C=O) groups excluding carboxylic acids is 1. The molecule has 0 aromatic heterocycles. The molecule has 0 atom stereocenters. The predicted molar refractivity (Wildman–Crippen MR) is 130 cm³/mol. The Morgan fingerprint density at radius 3 is 2.55 bits per heavy atom. The molecule has 0 fully saturated rings. The van der Waals surface area contributed by atoms with Crippen LogP contribution in [-0.4, -0.2) is 43.8 Å². The highest BCUT2D eigenvalue weighted by molar-refractivity contribution is 14.0. The summed E-state index contributed by atoms with van der Waals surface area (Å²) in [6, 6.07) is 16.3. The summed E-state index contributed by atoms with van der Waals surface area (Å²) >= 11 is 1.79. The van der Waals surface area contributed by atoms with E-state index in [0.717, 1.165) is 24.8 Å². The molecule has 0 spiro atoms. The zero-order valence-corrected chi connectivity index (χ0v) is 19.6. The van der Waals surface area contributed by atoms with Crippen molar-refractivity contribution in [2.75, 3.05) is 31.9 Å². The normalized spacial score (nSPS) is 10.8. The number of nitrogens with zero attached hydrogens (tertiary/aromatic N) is 1. The molecule has 3 N–H and O–H groups in total. The van der Waals surface area contributed by atoms with E-state index >= 15 is 0 Å². The highest BCUT2D eigenvalue weighted by Gasteiger charge is 2.04. The van der Waals surface area contributed by atoms with Crippen molar-refractivity contribution in [1.82, 2.24) is 16.0 Å². The Bertz CT molecular complexity index is 761. The molecule has 0 aliphatic rings. The SMILES string of the molecule is CCNC(=NCCNC(=O)Cc1cccc(F)c1)NCCSc1ccccc1.I. The standard InChI is InChI=1S/C21H27FN4OS.HI/c1-2-23-21(26-13-14-28-19-9-4-3-5-10-19)25-12-11-24-20(27)16-17-7-6-8-18(22)15-17;/h3-10,15H,2,11-14,16H2,1H3,(H,24,27)(H2,23,25,26);1H. The van der Waals surface area contributed by atoms with Crippen molar-refractivity contribution in [2.24, 2.45) is 4.99 Å². The first-order valence-electron chi connectivity index (χ1n) is 9.38. The third kappa shape index (κ3) is 11.1. The Morgan fingerprint density at radius 1 is 1.03 bits per heavy atom. The van der Waals surface area contributed by atoms with Crippen LogP contribution in [0.1, 0.15) is 12.5 Å². The summed E-state index contributed by atoms with van der Waals surface area (Å²) in [6.45, 7) is 4.47. The molecule has 0 saturated carbocycles. The van der Waals surface area contributed by atoms with Gasteiger partial charge in [0, 0.05) is 30.3 Å². The Balaban J connectivity index is 0.00000420. The molecule has 0 aliphatic heterocycles. The Morgan fingerprint density at radius 2 is 1.83 bits per heavy atom. The summed E-state index contributed by atoms with van der Waals surface area (Å²) in [5.74, 6) is 1.19. The fourth-order valence-corrected chi connectivity index (χ4v) is 3.24. The fourth-order valence-electron chi connectivity index (χ4n) is 2.45. The van der Waals surface area contributed by atoms with Crippen molar-refractivity contribution in [3.05, 3.63) is 66.0 Å². The number of hydrogen-bond acceptors (Lipinski definition) is 3. The van der Waals surface area contributed by atoms with Gasteiger partial charge in [0.2, 0.25) is 5.91 Å². The molecule has 0 saturated heterocycles. The highest BCUT2D eigenvalue weighted by atomic mass is 127. The van der Waals surface area contributed by atoms with Crippen molar-refractivity contribution in [2.45, 2.75) is 18.2 Å². The lowest BCUT2D eigenvalue weighted by atomic mass is 10.1. The van der Waals surface area contributed by atoms with Gasteiger partial charge >= 0.3 is 0 Å². The quantitative estimate of drug-likeness (QED) is 0.145. The highest BCUT2D eigenvalue weighted by Crippen LogP contribution is 2.15. The average Bonchev–Trinajstić information content (AvgIpc) is 2.69. The minimum atomic E-state index is -0.332. The van der Waals surface area contributed by atoms with Gasteiger partial charge in [-0.05, 0) is 36.8 Å². The van der Waals surface area contributed by atoms with E-state index in [4.69, 9.17) is 0 Å². The molecular weight excluding hydrogens is 502 g/mol. The average molecular weight is 530 g/mol. The lowest BCUT2D eigenvalue weighted by Gasteiger charge is -2.11. The van der Waals surface area contributed by atoms with Crippen LogP contribution in [0.2, 0.25) is 0 Å². The molecule has 0 aliphatic carbocycles. The lowest BCUT2D eigenvalue weighted by Crippen LogP contribution is -2.39. The van der Waals surface area contributed by atoms with E-state index in [2.05, 4.69) is 33.1 Å². The van der Waals surface area contributed by atoms with Crippen LogP contribution in [0, 0.1) is 5.82 Å². The Kier molecular flexibility index (Phi) is 13.1. The van der Waals surface area contributed by atoms with Gasteiger partial charge in [-0.1, -0.05) is 30.3 Å². The molecular formula is C21H28FIN4OS. The molecule has 5 nitrogen and oxygen atoms in total. The van der Waals surface area contributed by atoms with Gasteiger partial charge in [-0.3, -0.25) is 9.79 Å². The molecule has 2 aromatic carbocycles. The van der Waals surface area contributed by atoms with Gasteiger partial charge in [-0.25, -0.2) is 4.39 Å². The molecule has 0 heterocycles. The maximum atomic E-state index is 13.1. The maximum Gasteiger partial charge on any atom is 0.224 e. The number of carbonyl (C=O) groups is 1. The number of nitrogens with one attached hydrogen (secondary N) is 3. The minimum Gasteiger partial charge on any atom is -0.357 e. The number of hydrogen-bond donors (Lipinski definition) is 3. The maximum absolute atomic E-state index is 13.1. The van der Waals surface area contributed by atoms with Gasteiger partial charge in [-0.2, -0.15) is 0 Å². The second-order valence-corrected chi connectivity index (χ2v) is 7.17. The van der Waals surface area contributed by atoms with E-state index in [1.54, 1.807) is 23.9 Å². The Hall–Kier alpha value is -1.81. The fraction of sp³-hybridized carbons (Fsp3) is 0.333. The number of guanidine groups is 1. The molecule has 0 radical (unpaired) electrons. The van der Waals surface area contributed by atoms with Gasteiger partial charge in [-0.15, -0.1) is 35.7 Å². The number of benzene rings is 2. The summed E-state index contributed by atoms with van der Waals surface area (Å²) in [4.78, 5) is 17.6. The van der Waals surface area contributed by atoms with E-state index in [-0.39, 0.29) is 42.1 Å². The predicted octanol–water partition coefficient (Wildman–Crippen LogP) is 3.45. The number of halogens is 2. The van der Waals surface area contributed by atoms with Crippen LogP contribution in [0.4, 0.5) is 4.39 Å². The summed E-state index contributed by atoms with van der Waals surface area (Å²) in [6.07, 6.45) is 0.163. The number of thioether (sulfide) groups is 1. The van der Waals surface area contributed by atoms with E-state index in [1.165, 1.54) is 17.0 Å². The molecule has 8 heteroatoms. The van der Waals surface area contributed by atoms with Crippen molar-refractivity contribution < 1.29 is 9.18 Å². The van der Waals surface area contributed by atoms with Gasteiger partial charge in [0.1, 0.15) is 5.82 Å². The molecule has 0 bridgehead atoms. The first-order chi connectivity index (χ1) is 13.7. The first kappa shape index (κ1) is 25.2. The molecule has 2 rings (SSSR count). The van der Waals surface area contributed by atoms with E-state index in [9.17, 15) is 9.18 Å². The number of aliphatic imine (C=N–C) groups is 1. The van der Waals surface area contributed by atoms with Crippen molar-refractivity contribution >= 4 is 47.6 Å². The zero-order valence-electron chi connectivity index (χ0n) is 16.5. The first-order valence-corrected chi connectivity index (χ1v) is 10.4. The van der Waals surface area contributed by atoms with Crippen LogP contribution in [0.5, 0.6) is 0 Å². The van der Waals surface area contributed by atoms with E-state index in [1.807, 2.05) is 25.1 Å². The van der Waals surface area contributed by atoms with E-state index < -0.39 is 0 Å². The number of amides is 1. The van der Waals surface area contributed by atoms with Crippen molar-refractivity contribution in [1.29, 1.82) is 0 Å². The smallest absolute Gasteiger partial charge is 0.224 e. The number of rotatable bonds is 10. The third-order valence-corrected chi connectivity index (χ3v) is 4.72. The monoisotopic (exact) mass is 530 g/mol. The zero-order chi connectivity index (χ0) is 20.0. The van der Waals surface area contributed by atoms with Crippen LogP contribution in [0.3, 0.4) is 0 Å². The van der Waals surface area contributed by atoms with Gasteiger partial charge in [0.05, 0.1) is 13.0 Å². The molecule has 29 heavy (non-hydrogen) atoms. The van der Waals surface area contributed by atoms with Crippen molar-refractivity contribution in [3.63, 3.8) is 0 Å². The second-order valence-electron chi connectivity index (χ2n) is 6.01. The minimum absolute atomic E-state index is 0. The topological polar surface area (TPSA) is 65.5 Å². The van der Waals surface area contributed by atoms with Crippen LogP contribution in [0.15, 0.2) is 64.5 Å². The van der Waals surface area contributed by atoms with Crippen LogP contribution >= 0.6 is 35.7 Å². The van der Waals surface area contributed by atoms with Gasteiger partial charge < -0.3 is 16.0 Å². The summed E-state index contributed by atoms with van der Waals surface area (Å²) in [5, 5.41) is 9.29. The summed E-state index contributed by atoms with van der Waals surface area (Å²) < 4.78 is 13.1. The summed E-state index contributed by atoms with van der Waals surface area (Å²) in [5.41, 5.74) is 0.659. The van der Waals surface area contributed by atoms with Crippen molar-refractivity contribution in [3.8, 4) is 0 Å². The van der Waals surface area contributed by atoms with Crippen LogP contribution in [0.25, 0.3) is 0 Å². The largest absolute Gasteiger partial charge is 0.357 e. The van der Waals surface area contributed by atoms with Crippen LogP contribution < -0.4 is 16.0 Å². The lowest BCUT2D eigenvalue weighted by molar-refractivity contribution is -0.120. The Labute approximate surface area is 193 Å². The van der Waals surface area contributed by atoms with E-state index in [0.29, 0.717) is 18.7 Å². The summed E-state index contributed by atoms with van der Waals surface area (Å²) in [7, 11) is 0. The molecule has 2 aromatic rings. The molecule has 0 unspecified atom stereocenters. The molecule has 1 amide bonds. The third-order valence-electron chi connectivity index (χ3n) is 3.71. The van der Waals surface area contributed by atoms with Gasteiger partial charge in [0.15, 0.2) is 5.96 Å². The van der Waals surface area contributed by atoms with Gasteiger partial charge in [0.25, 0.3) is 0 Å².